The van der Waals surface area contributed by atoms with E-state index in [9.17, 15) is 9.59 Å². The van der Waals surface area contributed by atoms with Crippen LogP contribution in [-0.2, 0) is 11.8 Å². The second-order valence-electron chi connectivity index (χ2n) is 3.06. The van der Waals surface area contributed by atoms with Crippen molar-refractivity contribution in [3.05, 3.63) is 12.4 Å². The molecule has 1 aromatic heterocycles. The van der Waals surface area contributed by atoms with Gasteiger partial charge in [0.15, 0.2) is 0 Å². The van der Waals surface area contributed by atoms with Crippen LogP contribution in [-0.4, -0.2) is 32.9 Å². The molecule has 0 bridgehead atoms. The summed E-state index contributed by atoms with van der Waals surface area (Å²) in [7, 11) is 1.71. The molecule has 15 heavy (non-hydrogen) atoms. The molecule has 2 amide bonds. The Bertz CT molecular complexity index is 374. The minimum atomic E-state index is -1.09. The molecule has 1 aromatic rings. The summed E-state index contributed by atoms with van der Waals surface area (Å²) < 4.78 is 1.52. The van der Waals surface area contributed by atoms with E-state index in [2.05, 4.69) is 15.7 Å². The maximum absolute atomic E-state index is 11.2. The summed E-state index contributed by atoms with van der Waals surface area (Å²) in [5.41, 5.74) is 0.507. The van der Waals surface area contributed by atoms with Crippen LogP contribution in [0, 0.1) is 0 Å². The standard InChI is InChI=1S/C8H12N4O3/c1-5(7(13)14)10-8(15)11-6-3-9-12(2)4-6/h3-5H,1-2H3,(H,13,14)(H2,10,11,15). The molecule has 0 fully saturated rings. The van der Waals surface area contributed by atoms with Crippen LogP contribution in [0.1, 0.15) is 6.92 Å². The Morgan fingerprint density at radius 3 is 2.73 bits per heavy atom. The van der Waals surface area contributed by atoms with Crippen LogP contribution in [0.3, 0.4) is 0 Å². The Labute approximate surface area is 86.1 Å². The first-order valence-corrected chi connectivity index (χ1v) is 4.28. The molecule has 82 valence electrons. The number of nitrogens with one attached hydrogen (secondary N) is 2. The summed E-state index contributed by atoms with van der Waals surface area (Å²) in [5, 5.41) is 17.1. The Balaban J connectivity index is 2.46. The predicted molar refractivity (Wildman–Crippen MR) is 52.5 cm³/mol. The van der Waals surface area contributed by atoms with Gasteiger partial charge in [-0.05, 0) is 6.92 Å². The van der Waals surface area contributed by atoms with Crippen molar-refractivity contribution in [1.82, 2.24) is 15.1 Å². The van der Waals surface area contributed by atoms with Crippen LogP contribution in [0.15, 0.2) is 12.4 Å². The molecule has 1 atom stereocenters. The summed E-state index contributed by atoms with van der Waals surface area (Å²) in [6.07, 6.45) is 3.07. The summed E-state index contributed by atoms with van der Waals surface area (Å²) in [6.45, 7) is 1.38. The minimum Gasteiger partial charge on any atom is -0.480 e. The number of amides is 2. The molecule has 0 aliphatic heterocycles. The number of hydrogen-bond acceptors (Lipinski definition) is 3. The number of anilines is 1. The molecule has 1 rings (SSSR count). The van der Waals surface area contributed by atoms with Gasteiger partial charge in [-0.15, -0.1) is 0 Å². The van der Waals surface area contributed by atoms with Crippen molar-refractivity contribution < 1.29 is 14.7 Å². The molecule has 7 heteroatoms. The van der Waals surface area contributed by atoms with E-state index in [-0.39, 0.29) is 0 Å². The molecule has 0 aliphatic carbocycles. The van der Waals surface area contributed by atoms with Crippen molar-refractivity contribution in [1.29, 1.82) is 0 Å². The Hall–Kier alpha value is -2.05. The lowest BCUT2D eigenvalue weighted by Gasteiger charge is -2.08. The van der Waals surface area contributed by atoms with Crippen LogP contribution in [0.2, 0.25) is 0 Å². The fourth-order valence-corrected chi connectivity index (χ4v) is 0.911. The van der Waals surface area contributed by atoms with Gasteiger partial charge in [-0.1, -0.05) is 0 Å². The number of hydrogen-bond donors (Lipinski definition) is 3. The highest BCUT2D eigenvalue weighted by atomic mass is 16.4. The quantitative estimate of drug-likeness (QED) is 0.657. The van der Waals surface area contributed by atoms with Crippen LogP contribution in [0.25, 0.3) is 0 Å². The van der Waals surface area contributed by atoms with Gasteiger partial charge in [0.1, 0.15) is 6.04 Å². The zero-order valence-electron chi connectivity index (χ0n) is 8.39. The molecule has 0 aromatic carbocycles. The van der Waals surface area contributed by atoms with E-state index in [1.807, 2.05) is 0 Å². The molecule has 3 N–H and O–H groups in total. The van der Waals surface area contributed by atoms with Crippen molar-refractivity contribution >= 4 is 17.7 Å². The molecule has 0 radical (unpaired) electrons. The SMILES string of the molecule is CC(NC(=O)Nc1cnn(C)c1)C(=O)O. The number of aryl methyl sites for hydroxylation is 1. The second kappa shape index (κ2) is 4.45. The first-order chi connectivity index (χ1) is 6.99. The average Bonchev–Trinajstić information content (AvgIpc) is 2.50. The van der Waals surface area contributed by atoms with Crippen molar-refractivity contribution in [3.8, 4) is 0 Å². The summed E-state index contributed by atoms with van der Waals surface area (Å²) >= 11 is 0. The molecule has 0 aliphatic rings. The smallest absolute Gasteiger partial charge is 0.325 e. The lowest BCUT2D eigenvalue weighted by molar-refractivity contribution is -0.138. The highest BCUT2D eigenvalue weighted by Gasteiger charge is 2.13. The molecule has 0 saturated carbocycles. The molecule has 1 unspecified atom stereocenters. The number of carbonyl (C=O) groups is 2. The van der Waals surface area contributed by atoms with Gasteiger partial charge in [-0.3, -0.25) is 9.48 Å². The molecule has 0 saturated heterocycles. The largest absolute Gasteiger partial charge is 0.480 e. The van der Waals surface area contributed by atoms with Gasteiger partial charge >= 0.3 is 12.0 Å². The van der Waals surface area contributed by atoms with E-state index in [0.29, 0.717) is 5.69 Å². The molecule has 0 spiro atoms. The van der Waals surface area contributed by atoms with Crippen LogP contribution in [0.5, 0.6) is 0 Å². The van der Waals surface area contributed by atoms with E-state index >= 15 is 0 Å². The second-order valence-corrected chi connectivity index (χ2v) is 3.06. The summed E-state index contributed by atoms with van der Waals surface area (Å²) in [6, 6.07) is -1.50. The van der Waals surface area contributed by atoms with Gasteiger partial charge in [-0.25, -0.2) is 4.79 Å². The van der Waals surface area contributed by atoms with Gasteiger partial charge in [-0.2, -0.15) is 5.10 Å². The van der Waals surface area contributed by atoms with E-state index in [4.69, 9.17) is 5.11 Å². The van der Waals surface area contributed by atoms with Crippen molar-refractivity contribution in [2.75, 3.05) is 5.32 Å². The number of carbonyl (C=O) groups excluding carboxylic acids is 1. The van der Waals surface area contributed by atoms with Crippen molar-refractivity contribution in [3.63, 3.8) is 0 Å². The third-order valence-corrected chi connectivity index (χ3v) is 1.68. The van der Waals surface area contributed by atoms with Crippen LogP contribution >= 0.6 is 0 Å². The third-order valence-electron chi connectivity index (χ3n) is 1.68. The molecular weight excluding hydrogens is 200 g/mol. The van der Waals surface area contributed by atoms with Gasteiger partial charge < -0.3 is 15.7 Å². The summed E-state index contributed by atoms with van der Waals surface area (Å²) in [5.74, 6) is -1.09. The van der Waals surface area contributed by atoms with E-state index in [0.717, 1.165) is 0 Å². The fourth-order valence-electron chi connectivity index (χ4n) is 0.911. The van der Waals surface area contributed by atoms with Crippen molar-refractivity contribution in [2.24, 2.45) is 7.05 Å². The number of urea groups is 1. The van der Waals surface area contributed by atoms with Gasteiger partial charge in [0, 0.05) is 13.2 Å². The van der Waals surface area contributed by atoms with Gasteiger partial charge in [0.25, 0.3) is 0 Å². The molecule has 1 heterocycles. The highest BCUT2D eigenvalue weighted by molar-refractivity contribution is 5.91. The topological polar surface area (TPSA) is 96.3 Å². The van der Waals surface area contributed by atoms with Crippen molar-refractivity contribution in [2.45, 2.75) is 13.0 Å². The zero-order valence-corrected chi connectivity index (χ0v) is 8.39. The fraction of sp³-hybridized carbons (Fsp3) is 0.375. The van der Waals surface area contributed by atoms with Crippen LogP contribution in [0.4, 0.5) is 10.5 Å². The third kappa shape index (κ3) is 3.29. The lowest BCUT2D eigenvalue weighted by atomic mass is 10.3. The number of aromatic nitrogens is 2. The minimum absolute atomic E-state index is 0.507. The first-order valence-electron chi connectivity index (χ1n) is 4.28. The lowest BCUT2D eigenvalue weighted by Crippen LogP contribution is -2.40. The predicted octanol–water partition coefficient (Wildman–Crippen LogP) is 0.0147. The van der Waals surface area contributed by atoms with Crippen LogP contribution < -0.4 is 10.6 Å². The highest BCUT2D eigenvalue weighted by Crippen LogP contribution is 2.02. The van der Waals surface area contributed by atoms with E-state index < -0.39 is 18.0 Å². The normalized spacial score (nSPS) is 11.9. The Morgan fingerprint density at radius 2 is 2.27 bits per heavy atom. The maximum Gasteiger partial charge on any atom is 0.325 e. The average molecular weight is 212 g/mol. The number of carboxylic acid groups (broad SMARTS) is 1. The first kappa shape index (κ1) is 11.0. The number of aliphatic carboxylic acids is 1. The zero-order chi connectivity index (χ0) is 11.4. The molecule has 7 nitrogen and oxygen atoms in total. The molecular formula is C8H12N4O3. The maximum atomic E-state index is 11.2. The summed E-state index contributed by atoms with van der Waals surface area (Å²) in [4.78, 5) is 21.6. The monoisotopic (exact) mass is 212 g/mol. The van der Waals surface area contributed by atoms with Gasteiger partial charge in [0.05, 0.1) is 11.9 Å². The number of nitrogens with zero attached hydrogens (tertiary/aromatic N) is 2. The Kier molecular flexibility index (Phi) is 3.27. The number of rotatable bonds is 3. The van der Waals surface area contributed by atoms with Gasteiger partial charge in [0.2, 0.25) is 0 Å². The van der Waals surface area contributed by atoms with E-state index in [1.54, 1.807) is 13.2 Å². The Morgan fingerprint density at radius 1 is 1.60 bits per heavy atom. The van der Waals surface area contributed by atoms with E-state index in [1.165, 1.54) is 17.8 Å². The number of carboxylic acids is 1.